The molecule has 1 aromatic carbocycles. The summed E-state index contributed by atoms with van der Waals surface area (Å²) in [6.45, 7) is 1.60. The maximum absolute atomic E-state index is 12.0. The number of fused-ring (bicyclic) bond motifs is 1. The van der Waals surface area contributed by atoms with E-state index in [4.69, 9.17) is 0 Å². The molecule has 0 bridgehead atoms. The van der Waals surface area contributed by atoms with Gasteiger partial charge in [-0.3, -0.25) is 9.78 Å². The van der Waals surface area contributed by atoms with E-state index in [1.54, 1.807) is 6.20 Å². The van der Waals surface area contributed by atoms with Gasteiger partial charge in [0.1, 0.15) is 0 Å². The number of halogens is 1. The number of nitrogens with one attached hydrogen (secondary N) is 2. The molecule has 1 unspecified atom stereocenters. The predicted molar refractivity (Wildman–Crippen MR) is 93.7 cm³/mol. The zero-order valence-corrected chi connectivity index (χ0v) is 13.8. The number of hydrogen-bond donors (Lipinski definition) is 2. The number of carbonyl (C=O) groups excluding carboxylic acids is 1. The van der Waals surface area contributed by atoms with Crippen LogP contribution in [0.1, 0.15) is 29.3 Å². The molecule has 1 atom stereocenters. The summed E-state index contributed by atoms with van der Waals surface area (Å²) in [6.07, 6.45) is 3.98. The summed E-state index contributed by atoms with van der Waals surface area (Å²) in [6, 6.07) is 14.4. The van der Waals surface area contributed by atoms with Crippen LogP contribution in [-0.4, -0.2) is 24.0 Å². The van der Waals surface area contributed by atoms with E-state index in [0.29, 0.717) is 19.4 Å². The minimum atomic E-state index is 0. The van der Waals surface area contributed by atoms with Gasteiger partial charge >= 0.3 is 0 Å². The summed E-state index contributed by atoms with van der Waals surface area (Å²) in [5.74, 6) is 0.0792. The van der Waals surface area contributed by atoms with Crippen LogP contribution in [-0.2, 0) is 17.6 Å². The third-order valence-corrected chi connectivity index (χ3v) is 4.05. The molecule has 1 aromatic heterocycles. The molecular weight excluding hydrogens is 310 g/mol. The lowest BCUT2D eigenvalue weighted by molar-refractivity contribution is -0.121. The van der Waals surface area contributed by atoms with Gasteiger partial charge < -0.3 is 10.6 Å². The Morgan fingerprint density at radius 2 is 2.04 bits per heavy atom. The van der Waals surface area contributed by atoms with Crippen molar-refractivity contribution in [1.29, 1.82) is 0 Å². The van der Waals surface area contributed by atoms with Crippen molar-refractivity contribution < 1.29 is 4.79 Å². The van der Waals surface area contributed by atoms with Crippen molar-refractivity contribution in [2.75, 3.05) is 13.1 Å². The first-order valence-electron chi connectivity index (χ1n) is 7.81. The fourth-order valence-corrected chi connectivity index (χ4v) is 2.87. The van der Waals surface area contributed by atoms with Gasteiger partial charge in [0.2, 0.25) is 5.91 Å². The lowest BCUT2D eigenvalue weighted by Crippen LogP contribution is -2.38. The van der Waals surface area contributed by atoms with Crippen molar-refractivity contribution >= 4 is 18.3 Å². The molecule has 1 aliphatic rings. The van der Waals surface area contributed by atoms with E-state index >= 15 is 0 Å². The molecule has 0 fully saturated rings. The molecule has 23 heavy (non-hydrogen) atoms. The fourth-order valence-electron chi connectivity index (χ4n) is 2.87. The predicted octanol–water partition coefficient (Wildman–Crippen LogP) is 2.44. The monoisotopic (exact) mass is 331 g/mol. The molecule has 1 amide bonds. The summed E-state index contributed by atoms with van der Waals surface area (Å²) in [5.41, 5.74) is 3.64. The van der Waals surface area contributed by atoms with Crippen molar-refractivity contribution in [2.24, 2.45) is 0 Å². The van der Waals surface area contributed by atoms with Crippen LogP contribution in [0.5, 0.6) is 0 Å². The van der Waals surface area contributed by atoms with Crippen molar-refractivity contribution in [1.82, 2.24) is 15.6 Å². The molecule has 5 heteroatoms. The van der Waals surface area contributed by atoms with E-state index in [2.05, 4.69) is 39.9 Å². The highest BCUT2D eigenvalue weighted by Gasteiger charge is 2.19. The zero-order chi connectivity index (χ0) is 15.2. The number of aromatic nitrogens is 1. The van der Waals surface area contributed by atoms with E-state index in [9.17, 15) is 4.79 Å². The van der Waals surface area contributed by atoms with Gasteiger partial charge in [-0.1, -0.05) is 30.3 Å². The van der Waals surface area contributed by atoms with E-state index in [1.807, 2.05) is 18.2 Å². The van der Waals surface area contributed by atoms with Crippen LogP contribution < -0.4 is 10.6 Å². The van der Waals surface area contributed by atoms with Crippen LogP contribution in [0.3, 0.4) is 0 Å². The van der Waals surface area contributed by atoms with E-state index in [0.717, 1.165) is 18.7 Å². The van der Waals surface area contributed by atoms with Crippen molar-refractivity contribution in [2.45, 2.75) is 25.3 Å². The number of hydrogen-bond acceptors (Lipinski definition) is 3. The van der Waals surface area contributed by atoms with E-state index < -0.39 is 0 Å². The minimum Gasteiger partial charge on any atom is -0.354 e. The lowest BCUT2D eigenvalue weighted by atomic mass is 9.94. The molecule has 0 saturated carbocycles. The molecule has 0 radical (unpaired) electrons. The minimum absolute atomic E-state index is 0. The summed E-state index contributed by atoms with van der Waals surface area (Å²) >= 11 is 0. The summed E-state index contributed by atoms with van der Waals surface area (Å²) in [7, 11) is 0. The van der Waals surface area contributed by atoms with Gasteiger partial charge in [-0.05, 0) is 42.6 Å². The quantitative estimate of drug-likeness (QED) is 0.884. The average molecular weight is 332 g/mol. The Morgan fingerprint density at radius 3 is 2.87 bits per heavy atom. The topological polar surface area (TPSA) is 54.0 Å². The van der Waals surface area contributed by atoms with Crippen LogP contribution in [0.2, 0.25) is 0 Å². The second kappa shape index (κ2) is 8.65. The molecule has 1 aliphatic heterocycles. The second-order valence-electron chi connectivity index (χ2n) is 5.58. The van der Waals surface area contributed by atoms with Gasteiger partial charge in [0, 0.05) is 30.9 Å². The van der Waals surface area contributed by atoms with Crippen LogP contribution >= 0.6 is 12.4 Å². The Bertz CT molecular complexity index is 633. The van der Waals surface area contributed by atoms with E-state index in [-0.39, 0.29) is 24.4 Å². The fraction of sp³-hybridized carbons (Fsp3) is 0.333. The van der Waals surface area contributed by atoms with Gasteiger partial charge in [0.25, 0.3) is 0 Å². The van der Waals surface area contributed by atoms with Gasteiger partial charge in [-0.15, -0.1) is 12.4 Å². The summed E-state index contributed by atoms with van der Waals surface area (Å²) in [5, 5.41) is 6.51. The maximum Gasteiger partial charge on any atom is 0.220 e. The lowest BCUT2D eigenvalue weighted by Gasteiger charge is -2.27. The van der Waals surface area contributed by atoms with E-state index in [1.165, 1.54) is 11.1 Å². The first-order chi connectivity index (χ1) is 10.8. The smallest absolute Gasteiger partial charge is 0.220 e. The molecule has 0 saturated heterocycles. The van der Waals surface area contributed by atoms with Crippen LogP contribution in [0, 0.1) is 0 Å². The van der Waals surface area contributed by atoms with Crippen molar-refractivity contribution in [3.63, 3.8) is 0 Å². The molecule has 4 nitrogen and oxygen atoms in total. The van der Waals surface area contributed by atoms with Crippen LogP contribution in [0.15, 0.2) is 48.7 Å². The van der Waals surface area contributed by atoms with Crippen molar-refractivity contribution in [3.05, 3.63) is 65.5 Å². The third kappa shape index (κ3) is 4.78. The Hall–Kier alpha value is -1.91. The first kappa shape index (κ1) is 17.4. The largest absolute Gasteiger partial charge is 0.354 e. The highest BCUT2D eigenvalue weighted by molar-refractivity contribution is 5.85. The zero-order valence-electron chi connectivity index (χ0n) is 13.0. The van der Waals surface area contributed by atoms with Gasteiger partial charge in [0.15, 0.2) is 0 Å². The molecule has 2 heterocycles. The first-order valence-corrected chi connectivity index (χ1v) is 7.81. The second-order valence-corrected chi connectivity index (χ2v) is 5.58. The molecule has 0 spiro atoms. The summed E-state index contributed by atoms with van der Waals surface area (Å²) in [4.78, 5) is 16.2. The normalized spacial score (nSPS) is 16.1. The molecule has 2 N–H and O–H groups in total. The van der Waals surface area contributed by atoms with Gasteiger partial charge in [-0.2, -0.15) is 0 Å². The highest BCUT2D eigenvalue weighted by Crippen LogP contribution is 2.21. The van der Waals surface area contributed by atoms with Gasteiger partial charge in [0.05, 0.1) is 0 Å². The van der Waals surface area contributed by atoms with Gasteiger partial charge in [-0.25, -0.2) is 0 Å². The Labute approximate surface area is 143 Å². The number of benzene rings is 1. The number of amides is 1. The molecular formula is C18H22ClN3O. The van der Waals surface area contributed by atoms with Crippen molar-refractivity contribution in [3.8, 4) is 0 Å². The Morgan fingerprint density at radius 1 is 1.22 bits per heavy atom. The number of aryl methyl sites for hydroxylation is 1. The Kier molecular flexibility index (Phi) is 6.56. The summed E-state index contributed by atoms with van der Waals surface area (Å²) < 4.78 is 0. The average Bonchev–Trinajstić information content (AvgIpc) is 2.59. The number of rotatable bonds is 5. The highest BCUT2D eigenvalue weighted by atomic mass is 35.5. The molecule has 0 aliphatic carbocycles. The molecule has 122 valence electrons. The Balaban J connectivity index is 0.00000192. The third-order valence-electron chi connectivity index (χ3n) is 4.05. The standard InChI is InChI=1S/C18H21N3O.ClH/c22-18(9-8-15-6-3-4-11-19-15)21-13-17-16-7-2-1-5-14(16)10-12-20-17;/h1-7,11,17,20H,8-10,12-13H2,(H,21,22);1H. The molecule has 2 aromatic rings. The number of nitrogens with zero attached hydrogens (tertiary/aromatic N) is 1. The van der Waals surface area contributed by atoms with Crippen LogP contribution in [0.4, 0.5) is 0 Å². The van der Waals surface area contributed by atoms with Crippen LogP contribution in [0.25, 0.3) is 0 Å². The SMILES string of the molecule is Cl.O=C(CCc1ccccn1)NCC1NCCc2ccccc21. The number of pyridine rings is 1. The molecule has 3 rings (SSSR count). The number of carbonyl (C=O) groups is 1. The maximum atomic E-state index is 12.0.